The lowest BCUT2D eigenvalue weighted by Gasteiger charge is -2.06. The van der Waals surface area contributed by atoms with Crippen molar-refractivity contribution in [3.05, 3.63) is 36.0 Å². The minimum atomic E-state index is -0.241. The Hall–Kier alpha value is -1.09. The van der Waals surface area contributed by atoms with Crippen LogP contribution in [0.5, 0.6) is 0 Å². The third-order valence-electron chi connectivity index (χ3n) is 2.34. The second-order valence-electron chi connectivity index (χ2n) is 3.67. The minimum absolute atomic E-state index is 0.241. The van der Waals surface area contributed by atoms with Crippen LogP contribution in [0.3, 0.4) is 0 Å². The number of aromatic nitrogens is 1. The molecule has 0 aliphatic heterocycles. The van der Waals surface area contributed by atoms with E-state index in [0.717, 1.165) is 22.3 Å². The summed E-state index contributed by atoms with van der Waals surface area (Å²) in [5.74, 6) is 0.823. The van der Waals surface area contributed by atoms with Crippen LogP contribution in [0.4, 0.5) is 4.39 Å². The number of alkyl halides is 1. The molecule has 84 valence electrons. The SMILES string of the molecule is Cc1cc(SCCCF)c2ccccc2n1. The van der Waals surface area contributed by atoms with Crippen LogP contribution in [0.1, 0.15) is 12.1 Å². The zero-order valence-corrected chi connectivity index (χ0v) is 10.1. The zero-order valence-electron chi connectivity index (χ0n) is 9.24. The normalized spacial score (nSPS) is 10.9. The third-order valence-corrected chi connectivity index (χ3v) is 3.48. The van der Waals surface area contributed by atoms with Crippen molar-refractivity contribution in [3.63, 3.8) is 0 Å². The van der Waals surface area contributed by atoms with Crippen molar-refractivity contribution in [2.75, 3.05) is 12.4 Å². The van der Waals surface area contributed by atoms with Crippen molar-refractivity contribution in [2.24, 2.45) is 0 Å². The Kier molecular flexibility index (Phi) is 3.78. The van der Waals surface area contributed by atoms with Gasteiger partial charge < -0.3 is 0 Å². The van der Waals surface area contributed by atoms with Crippen LogP contribution in [0.25, 0.3) is 10.9 Å². The first-order valence-electron chi connectivity index (χ1n) is 5.36. The van der Waals surface area contributed by atoms with E-state index in [0.29, 0.717) is 6.42 Å². The summed E-state index contributed by atoms with van der Waals surface area (Å²) < 4.78 is 12.1. The molecule has 0 saturated carbocycles. The molecule has 3 heteroatoms. The molecule has 16 heavy (non-hydrogen) atoms. The molecular weight excluding hydrogens is 221 g/mol. The lowest BCUT2D eigenvalue weighted by Crippen LogP contribution is -1.88. The van der Waals surface area contributed by atoms with Gasteiger partial charge in [-0.25, -0.2) is 0 Å². The number of fused-ring (bicyclic) bond motifs is 1. The van der Waals surface area contributed by atoms with Crippen molar-refractivity contribution in [2.45, 2.75) is 18.2 Å². The molecule has 2 aromatic rings. The van der Waals surface area contributed by atoms with Crippen LogP contribution in [0, 0.1) is 6.92 Å². The Bertz CT molecular complexity index is 484. The largest absolute Gasteiger partial charge is 0.253 e. The number of rotatable bonds is 4. The molecule has 0 saturated heterocycles. The monoisotopic (exact) mass is 235 g/mol. The van der Waals surface area contributed by atoms with Crippen LogP contribution in [-0.4, -0.2) is 17.4 Å². The van der Waals surface area contributed by atoms with E-state index in [4.69, 9.17) is 0 Å². The maximum Gasteiger partial charge on any atom is 0.0902 e. The number of para-hydroxylation sites is 1. The van der Waals surface area contributed by atoms with Gasteiger partial charge in [0.15, 0.2) is 0 Å². The first-order valence-corrected chi connectivity index (χ1v) is 6.35. The van der Waals surface area contributed by atoms with Gasteiger partial charge in [-0.15, -0.1) is 11.8 Å². The third kappa shape index (κ3) is 2.53. The average molecular weight is 235 g/mol. The summed E-state index contributed by atoms with van der Waals surface area (Å²) in [7, 11) is 0. The summed E-state index contributed by atoms with van der Waals surface area (Å²) in [5, 5.41) is 1.16. The fraction of sp³-hybridized carbons (Fsp3) is 0.308. The number of nitrogens with zero attached hydrogens (tertiary/aromatic N) is 1. The van der Waals surface area contributed by atoms with Gasteiger partial charge in [-0.05, 0) is 25.5 Å². The molecule has 1 aromatic carbocycles. The predicted octanol–water partition coefficient (Wildman–Crippen LogP) is 3.99. The number of thioether (sulfide) groups is 1. The predicted molar refractivity (Wildman–Crippen MR) is 67.8 cm³/mol. The van der Waals surface area contributed by atoms with E-state index in [9.17, 15) is 4.39 Å². The second kappa shape index (κ2) is 5.30. The molecule has 0 amide bonds. The average Bonchev–Trinajstić information content (AvgIpc) is 2.29. The van der Waals surface area contributed by atoms with E-state index in [1.54, 1.807) is 11.8 Å². The Balaban J connectivity index is 2.34. The second-order valence-corrected chi connectivity index (χ2v) is 4.81. The topological polar surface area (TPSA) is 12.9 Å². The Labute approximate surface area is 99.1 Å². The van der Waals surface area contributed by atoms with Crippen LogP contribution in [0.2, 0.25) is 0 Å². The lowest BCUT2D eigenvalue weighted by atomic mass is 10.2. The van der Waals surface area contributed by atoms with Crippen molar-refractivity contribution < 1.29 is 4.39 Å². The molecule has 0 atom stereocenters. The first kappa shape index (κ1) is 11.4. The van der Waals surface area contributed by atoms with Crippen LogP contribution < -0.4 is 0 Å². The molecule has 1 heterocycles. The summed E-state index contributed by atoms with van der Waals surface area (Å²) in [6, 6.07) is 10.2. The highest BCUT2D eigenvalue weighted by atomic mass is 32.2. The summed E-state index contributed by atoms with van der Waals surface area (Å²) in [4.78, 5) is 5.68. The van der Waals surface area contributed by atoms with E-state index in [1.807, 2.05) is 25.1 Å². The van der Waals surface area contributed by atoms with E-state index < -0.39 is 0 Å². The molecule has 1 nitrogen and oxygen atoms in total. The quantitative estimate of drug-likeness (QED) is 0.587. The molecule has 1 aromatic heterocycles. The van der Waals surface area contributed by atoms with Gasteiger partial charge in [0.2, 0.25) is 0 Å². The van der Waals surface area contributed by atoms with E-state index >= 15 is 0 Å². The van der Waals surface area contributed by atoms with Gasteiger partial charge in [0.05, 0.1) is 12.2 Å². The van der Waals surface area contributed by atoms with E-state index in [-0.39, 0.29) is 6.67 Å². The number of pyridine rings is 1. The van der Waals surface area contributed by atoms with E-state index in [2.05, 4.69) is 17.1 Å². The van der Waals surface area contributed by atoms with Crippen LogP contribution >= 0.6 is 11.8 Å². The number of benzene rings is 1. The van der Waals surface area contributed by atoms with Crippen LogP contribution in [0.15, 0.2) is 35.2 Å². The highest BCUT2D eigenvalue weighted by Crippen LogP contribution is 2.28. The molecule has 2 rings (SSSR count). The standard InChI is InChI=1S/C13H14FNS/c1-10-9-13(16-8-4-7-14)11-5-2-3-6-12(11)15-10/h2-3,5-6,9H,4,7-8H2,1H3. The van der Waals surface area contributed by atoms with Crippen molar-refractivity contribution in [3.8, 4) is 0 Å². The van der Waals surface area contributed by atoms with Gasteiger partial charge in [0, 0.05) is 21.7 Å². The Morgan fingerprint density at radius 2 is 2.12 bits per heavy atom. The van der Waals surface area contributed by atoms with Gasteiger partial charge in [-0.3, -0.25) is 9.37 Å². The molecule has 0 N–H and O–H groups in total. The molecule has 0 spiro atoms. The fourth-order valence-corrected chi connectivity index (χ4v) is 2.68. The van der Waals surface area contributed by atoms with Crippen molar-refractivity contribution in [1.82, 2.24) is 4.98 Å². The molecule has 0 fully saturated rings. The summed E-state index contributed by atoms with van der Waals surface area (Å²) in [6.07, 6.45) is 0.611. The number of hydrogen-bond donors (Lipinski definition) is 0. The molecule has 0 aliphatic rings. The summed E-state index contributed by atoms with van der Waals surface area (Å²) in [5.41, 5.74) is 2.03. The Morgan fingerprint density at radius 3 is 2.94 bits per heavy atom. The highest BCUT2D eigenvalue weighted by molar-refractivity contribution is 7.99. The van der Waals surface area contributed by atoms with Gasteiger partial charge in [0.25, 0.3) is 0 Å². The fourth-order valence-electron chi connectivity index (χ4n) is 1.63. The molecular formula is C13H14FNS. The molecule has 0 aliphatic carbocycles. The van der Waals surface area contributed by atoms with Gasteiger partial charge in [-0.1, -0.05) is 18.2 Å². The highest BCUT2D eigenvalue weighted by Gasteiger charge is 2.03. The first-order chi connectivity index (χ1) is 7.81. The van der Waals surface area contributed by atoms with Gasteiger partial charge in [0.1, 0.15) is 0 Å². The Morgan fingerprint density at radius 1 is 1.31 bits per heavy atom. The summed E-state index contributed by atoms with van der Waals surface area (Å²) in [6.45, 7) is 1.75. The van der Waals surface area contributed by atoms with Crippen LogP contribution in [-0.2, 0) is 0 Å². The van der Waals surface area contributed by atoms with Gasteiger partial charge in [-0.2, -0.15) is 0 Å². The lowest BCUT2D eigenvalue weighted by molar-refractivity contribution is 0.489. The van der Waals surface area contributed by atoms with E-state index in [1.165, 1.54) is 4.90 Å². The number of halogens is 1. The number of hydrogen-bond acceptors (Lipinski definition) is 2. The minimum Gasteiger partial charge on any atom is -0.253 e. The number of aryl methyl sites for hydroxylation is 1. The molecule has 0 radical (unpaired) electrons. The van der Waals surface area contributed by atoms with Crippen molar-refractivity contribution in [1.29, 1.82) is 0 Å². The van der Waals surface area contributed by atoms with Gasteiger partial charge >= 0.3 is 0 Å². The zero-order chi connectivity index (χ0) is 11.4. The maximum absolute atomic E-state index is 12.1. The van der Waals surface area contributed by atoms with Crippen molar-refractivity contribution >= 4 is 22.7 Å². The smallest absolute Gasteiger partial charge is 0.0902 e. The maximum atomic E-state index is 12.1. The molecule has 0 bridgehead atoms. The summed E-state index contributed by atoms with van der Waals surface area (Å²) >= 11 is 1.71. The molecule has 0 unspecified atom stereocenters.